The zero-order valence-corrected chi connectivity index (χ0v) is 13.2. The van der Waals surface area contributed by atoms with Gasteiger partial charge in [0, 0.05) is 31.7 Å². The van der Waals surface area contributed by atoms with Crippen LogP contribution in [0.3, 0.4) is 0 Å². The standard InChI is InChI=1S/C13H19ClN2O3S/c1-15-5-7-16(8-6-15)20(17,18)12-3-4-13(19-2)11(9-12)10-14/h3-4,9H,5-8,10H2,1-2H3. The lowest BCUT2D eigenvalue weighted by Crippen LogP contribution is -2.47. The van der Waals surface area contributed by atoms with Crippen LogP contribution in [0.4, 0.5) is 0 Å². The Labute approximate surface area is 125 Å². The first-order chi connectivity index (χ1) is 9.48. The maximum absolute atomic E-state index is 12.6. The van der Waals surface area contributed by atoms with Crippen LogP contribution in [0, 0.1) is 0 Å². The van der Waals surface area contributed by atoms with E-state index in [4.69, 9.17) is 16.3 Å². The molecule has 1 aromatic carbocycles. The second-order valence-electron chi connectivity index (χ2n) is 4.81. The van der Waals surface area contributed by atoms with Crippen molar-refractivity contribution in [3.05, 3.63) is 23.8 Å². The van der Waals surface area contributed by atoms with Crippen molar-refractivity contribution >= 4 is 21.6 Å². The van der Waals surface area contributed by atoms with E-state index in [2.05, 4.69) is 4.90 Å². The second kappa shape index (κ2) is 6.30. The number of ether oxygens (including phenoxy) is 1. The summed E-state index contributed by atoms with van der Waals surface area (Å²) < 4.78 is 31.9. The molecule has 0 aliphatic carbocycles. The molecule has 0 aromatic heterocycles. The minimum Gasteiger partial charge on any atom is -0.496 e. The van der Waals surface area contributed by atoms with Gasteiger partial charge in [0.25, 0.3) is 0 Å². The Morgan fingerprint density at radius 2 is 1.90 bits per heavy atom. The van der Waals surface area contributed by atoms with Crippen LogP contribution < -0.4 is 4.74 Å². The van der Waals surface area contributed by atoms with Gasteiger partial charge >= 0.3 is 0 Å². The Morgan fingerprint density at radius 1 is 1.25 bits per heavy atom. The molecule has 0 saturated carbocycles. The molecule has 1 aromatic rings. The summed E-state index contributed by atoms with van der Waals surface area (Å²) in [5.74, 6) is 0.826. The highest BCUT2D eigenvalue weighted by Crippen LogP contribution is 2.26. The summed E-state index contributed by atoms with van der Waals surface area (Å²) >= 11 is 5.84. The third kappa shape index (κ3) is 3.09. The Balaban J connectivity index is 2.30. The summed E-state index contributed by atoms with van der Waals surface area (Å²) in [4.78, 5) is 2.39. The van der Waals surface area contributed by atoms with E-state index in [1.54, 1.807) is 25.3 Å². The number of alkyl halides is 1. The van der Waals surface area contributed by atoms with E-state index in [-0.39, 0.29) is 10.8 Å². The molecule has 2 rings (SSSR count). The predicted molar refractivity (Wildman–Crippen MR) is 78.8 cm³/mol. The third-order valence-electron chi connectivity index (χ3n) is 3.50. The average molecular weight is 319 g/mol. The quantitative estimate of drug-likeness (QED) is 0.787. The van der Waals surface area contributed by atoms with Crippen molar-refractivity contribution in [1.29, 1.82) is 0 Å². The fraction of sp³-hybridized carbons (Fsp3) is 0.538. The molecule has 0 N–H and O–H groups in total. The van der Waals surface area contributed by atoms with Crippen molar-refractivity contribution in [1.82, 2.24) is 9.21 Å². The minimum absolute atomic E-state index is 0.218. The van der Waals surface area contributed by atoms with Crippen LogP contribution >= 0.6 is 11.6 Å². The zero-order valence-electron chi connectivity index (χ0n) is 11.7. The van der Waals surface area contributed by atoms with Gasteiger partial charge in [-0.3, -0.25) is 0 Å². The van der Waals surface area contributed by atoms with Crippen LogP contribution in [0.25, 0.3) is 0 Å². The normalized spacial score (nSPS) is 18.1. The lowest BCUT2D eigenvalue weighted by atomic mass is 10.2. The fourth-order valence-corrected chi connectivity index (χ4v) is 3.88. The van der Waals surface area contributed by atoms with Crippen molar-refractivity contribution in [3.63, 3.8) is 0 Å². The average Bonchev–Trinajstić information content (AvgIpc) is 2.46. The van der Waals surface area contributed by atoms with Gasteiger partial charge in [-0.2, -0.15) is 4.31 Å². The molecule has 0 radical (unpaired) electrons. The van der Waals surface area contributed by atoms with Crippen LogP contribution in [0.15, 0.2) is 23.1 Å². The summed E-state index contributed by atoms with van der Waals surface area (Å²) in [5, 5.41) is 0. The number of sulfonamides is 1. The van der Waals surface area contributed by atoms with Crippen molar-refractivity contribution in [3.8, 4) is 5.75 Å². The molecule has 20 heavy (non-hydrogen) atoms. The molecule has 1 aliphatic rings. The number of halogens is 1. The molecule has 7 heteroatoms. The van der Waals surface area contributed by atoms with E-state index in [0.29, 0.717) is 24.4 Å². The summed E-state index contributed by atoms with van der Waals surface area (Å²) in [5.41, 5.74) is 0.685. The Hall–Kier alpha value is -0.820. The van der Waals surface area contributed by atoms with Crippen molar-refractivity contribution in [2.75, 3.05) is 40.3 Å². The van der Waals surface area contributed by atoms with E-state index in [9.17, 15) is 8.42 Å². The number of benzene rings is 1. The molecule has 0 unspecified atom stereocenters. The van der Waals surface area contributed by atoms with Crippen molar-refractivity contribution < 1.29 is 13.2 Å². The predicted octanol–water partition coefficient (Wildman–Crippen LogP) is 1.37. The van der Waals surface area contributed by atoms with Gasteiger partial charge in [0.2, 0.25) is 10.0 Å². The first-order valence-electron chi connectivity index (χ1n) is 6.40. The summed E-state index contributed by atoms with van der Waals surface area (Å²) in [7, 11) is 0.0802. The highest BCUT2D eigenvalue weighted by molar-refractivity contribution is 7.89. The lowest BCUT2D eigenvalue weighted by Gasteiger charge is -2.31. The van der Waals surface area contributed by atoms with Gasteiger partial charge in [-0.15, -0.1) is 11.6 Å². The lowest BCUT2D eigenvalue weighted by molar-refractivity contribution is 0.222. The topological polar surface area (TPSA) is 49.9 Å². The molecule has 1 saturated heterocycles. The van der Waals surface area contributed by atoms with Gasteiger partial charge in [0.1, 0.15) is 5.75 Å². The Morgan fingerprint density at radius 3 is 2.45 bits per heavy atom. The van der Waals surface area contributed by atoms with Gasteiger partial charge in [-0.25, -0.2) is 8.42 Å². The smallest absolute Gasteiger partial charge is 0.243 e. The van der Waals surface area contributed by atoms with E-state index < -0.39 is 10.0 Å². The molecule has 1 aliphatic heterocycles. The maximum atomic E-state index is 12.6. The summed E-state index contributed by atoms with van der Waals surface area (Å²) in [6.45, 7) is 2.53. The SMILES string of the molecule is COc1ccc(S(=O)(=O)N2CCN(C)CC2)cc1CCl. The number of rotatable bonds is 4. The minimum atomic E-state index is -3.45. The molecule has 1 heterocycles. The van der Waals surface area contributed by atoms with E-state index >= 15 is 0 Å². The molecule has 5 nitrogen and oxygen atoms in total. The monoisotopic (exact) mass is 318 g/mol. The number of hydrogen-bond donors (Lipinski definition) is 0. The Kier molecular flexibility index (Phi) is 4.90. The number of hydrogen-bond acceptors (Lipinski definition) is 4. The first-order valence-corrected chi connectivity index (χ1v) is 8.38. The summed E-state index contributed by atoms with van der Waals surface area (Å²) in [6.07, 6.45) is 0. The second-order valence-corrected chi connectivity index (χ2v) is 7.02. The molecular formula is C13H19ClN2O3S. The van der Waals surface area contributed by atoms with Crippen LogP contribution in [-0.2, 0) is 15.9 Å². The third-order valence-corrected chi connectivity index (χ3v) is 5.68. The van der Waals surface area contributed by atoms with Crippen LogP contribution in [0.2, 0.25) is 0 Å². The zero-order chi connectivity index (χ0) is 14.8. The van der Waals surface area contributed by atoms with E-state index in [0.717, 1.165) is 13.1 Å². The maximum Gasteiger partial charge on any atom is 0.243 e. The van der Waals surface area contributed by atoms with E-state index in [1.165, 1.54) is 4.31 Å². The highest BCUT2D eigenvalue weighted by atomic mass is 35.5. The van der Waals surface area contributed by atoms with Gasteiger partial charge in [0.15, 0.2) is 0 Å². The number of likely N-dealkylation sites (N-methyl/N-ethyl adjacent to an activating group) is 1. The van der Waals surface area contributed by atoms with E-state index in [1.807, 2.05) is 7.05 Å². The molecule has 112 valence electrons. The van der Waals surface area contributed by atoms with Gasteiger partial charge in [-0.05, 0) is 25.2 Å². The van der Waals surface area contributed by atoms with Gasteiger partial charge < -0.3 is 9.64 Å². The van der Waals surface area contributed by atoms with Crippen LogP contribution in [-0.4, -0.2) is 58.0 Å². The number of nitrogens with zero attached hydrogens (tertiary/aromatic N) is 2. The molecule has 0 spiro atoms. The number of piperazine rings is 1. The van der Waals surface area contributed by atoms with Crippen LogP contribution in [0.5, 0.6) is 5.75 Å². The number of methoxy groups -OCH3 is 1. The molecule has 0 atom stereocenters. The molecule has 0 bridgehead atoms. The Bertz CT molecular complexity index is 569. The fourth-order valence-electron chi connectivity index (χ4n) is 2.20. The summed E-state index contributed by atoms with van der Waals surface area (Å²) in [6, 6.07) is 4.82. The molecule has 0 amide bonds. The van der Waals surface area contributed by atoms with Crippen LogP contribution in [0.1, 0.15) is 5.56 Å². The molecular weight excluding hydrogens is 300 g/mol. The first kappa shape index (κ1) is 15.6. The van der Waals surface area contributed by atoms with Crippen molar-refractivity contribution in [2.45, 2.75) is 10.8 Å². The van der Waals surface area contributed by atoms with Gasteiger partial charge in [0.05, 0.1) is 17.9 Å². The highest BCUT2D eigenvalue weighted by Gasteiger charge is 2.27. The van der Waals surface area contributed by atoms with Crippen molar-refractivity contribution in [2.24, 2.45) is 0 Å². The van der Waals surface area contributed by atoms with Gasteiger partial charge in [-0.1, -0.05) is 0 Å². The largest absolute Gasteiger partial charge is 0.496 e. The molecule has 1 fully saturated rings.